The van der Waals surface area contributed by atoms with Gasteiger partial charge in [0.15, 0.2) is 0 Å². The van der Waals surface area contributed by atoms with Gasteiger partial charge in [-0.2, -0.15) is 0 Å². The second-order valence-electron chi connectivity index (χ2n) is 5.26. The first-order valence-corrected chi connectivity index (χ1v) is 6.64. The van der Waals surface area contributed by atoms with Crippen LogP contribution in [0.5, 0.6) is 0 Å². The summed E-state index contributed by atoms with van der Waals surface area (Å²) in [5.41, 5.74) is 0. The highest BCUT2D eigenvalue weighted by Crippen LogP contribution is 2.37. The first-order chi connectivity index (χ1) is 8.16. The lowest BCUT2D eigenvalue weighted by Gasteiger charge is -2.11. The third-order valence-corrected chi connectivity index (χ3v) is 3.67. The summed E-state index contributed by atoms with van der Waals surface area (Å²) in [6, 6.07) is 0. The van der Waals surface area contributed by atoms with E-state index in [-0.39, 0.29) is 23.9 Å². The maximum Gasteiger partial charge on any atom is 0.307 e. The lowest BCUT2D eigenvalue weighted by molar-refractivity contribution is -0.148. The number of esters is 1. The van der Waals surface area contributed by atoms with Crippen LogP contribution in [-0.4, -0.2) is 24.5 Å². The van der Waals surface area contributed by atoms with Crippen molar-refractivity contribution in [2.45, 2.75) is 51.6 Å². The molecule has 2 fully saturated rings. The number of hydrogen-bond acceptors (Lipinski definition) is 3. The molecule has 2 rings (SSSR count). The van der Waals surface area contributed by atoms with Crippen molar-refractivity contribution in [3.8, 4) is 0 Å². The summed E-state index contributed by atoms with van der Waals surface area (Å²) in [4.78, 5) is 22.9. The Morgan fingerprint density at radius 3 is 2.53 bits per heavy atom. The number of carbonyl (C=O) groups excluding carboxylic acids is 2. The summed E-state index contributed by atoms with van der Waals surface area (Å²) in [5.74, 6) is 0.605. The Kier molecular flexibility index (Phi) is 4.02. The summed E-state index contributed by atoms with van der Waals surface area (Å²) < 4.78 is 5.30. The van der Waals surface area contributed by atoms with Crippen molar-refractivity contribution in [1.82, 2.24) is 5.32 Å². The van der Waals surface area contributed by atoms with Crippen molar-refractivity contribution >= 4 is 11.9 Å². The molecule has 0 saturated heterocycles. The Labute approximate surface area is 102 Å². The van der Waals surface area contributed by atoms with Crippen molar-refractivity contribution in [1.29, 1.82) is 0 Å². The maximum absolute atomic E-state index is 11.5. The second-order valence-corrected chi connectivity index (χ2v) is 5.26. The molecule has 96 valence electrons. The molecule has 0 heterocycles. The molecule has 2 aliphatic rings. The van der Waals surface area contributed by atoms with Crippen LogP contribution in [0, 0.1) is 11.8 Å². The third-order valence-electron chi connectivity index (χ3n) is 3.67. The van der Waals surface area contributed by atoms with E-state index in [1.807, 2.05) is 0 Å². The minimum absolute atomic E-state index is 0.0890. The summed E-state index contributed by atoms with van der Waals surface area (Å²) in [6.07, 6.45) is 5.72. The lowest BCUT2D eigenvalue weighted by atomic mass is 10.3. The zero-order valence-electron chi connectivity index (χ0n) is 10.4. The van der Waals surface area contributed by atoms with Crippen LogP contribution in [0.1, 0.15) is 45.4 Å². The van der Waals surface area contributed by atoms with Gasteiger partial charge < -0.3 is 10.1 Å². The van der Waals surface area contributed by atoms with Crippen LogP contribution in [-0.2, 0) is 14.3 Å². The van der Waals surface area contributed by atoms with E-state index in [4.69, 9.17) is 4.74 Å². The van der Waals surface area contributed by atoms with Gasteiger partial charge in [0, 0.05) is 12.5 Å². The lowest BCUT2D eigenvalue weighted by Crippen LogP contribution is -2.28. The van der Waals surface area contributed by atoms with Crippen LogP contribution in [0.3, 0.4) is 0 Å². The topological polar surface area (TPSA) is 55.4 Å². The second kappa shape index (κ2) is 5.52. The number of nitrogens with one attached hydrogen (secondary N) is 1. The fourth-order valence-corrected chi connectivity index (χ4v) is 2.36. The van der Waals surface area contributed by atoms with Gasteiger partial charge in [-0.25, -0.2) is 0 Å². The van der Waals surface area contributed by atoms with Gasteiger partial charge in [0.05, 0.1) is 6.42 Å². The van der Waals surface area contributed by atoms with Crippen molar-refractivity contribution < 1.29 is 14.3 Å². The molecule has 4 nitrogen and oxygen atoms in total. The number of ether oxygens (including phenoxy) is 1. The van der Waals surface area contributed by atoms with Gasteiger partial charge >= 0.3 is 5.97 Å². The molecule has 0 aliphatic heterocycles. The molecule has 2 saturated carbocycles. The largest absolute Gasteiger partial charge is 0.462 e. The highest BCUT2D eigenvalue weighted by Gasteiger charge is 2.38. The molecule has 0 unspecified atom stereocenters. The molecular weight excluding hydrogens is 218 g/mol. The molecule has 0 aromatic carbocycles. The molecule has 1 N–H and O–H groups in total. The molecule has 0 radical (unpaired) electrons. The molecule has 17 heavy (non-hydrogen) atoms. The third kappa shape index (κ3) is 3.72. The smallest absolute Gasteiger partial charge is 0.307 e. The van der Waals surface area contributed by atoms with E-state index in [1.54, 1.807) is 0 Å². The average Bonchev–Trinajstić information content (AvgIpc) is 2.80. The molecule has 0 bridgehead atoms. The van der Waals surface area contributed by atoms with Crippen LogP contribution < -0.4 is 5.32 Å². The number of carbonyl (C=O) groups is 2. The molecule has 2 aliphatic carbocycles. The Morgan fingerprint density at radius 1 is 1.29 bits per heavy atom. The summed E-state index contributed by atoms with van der Waals surface area (Å²) in [5, 5.41) is 2.79. The normalized spacial score (nSPS) is 27.8. The van der Waals surface area contributed by atoms with Gasteiger partial charge in [-0.1, -0.05) is 6.92 Å². The van der Waals surface area contributed by atoms with Crippen LogP contribution in [0.25, 0.3) is 0 Å². The monoisotopic (exact) mass is 239 g/mol. The van der Waals surface area contributed by atoms with Crippen molar-refractivity contribution in [3.63, 3.8) is 0 Å². The highest BCUT2D eigenvalue weighted by molar-refractivity contribution is 5.81. The highest BCUT2D eigenvalue weighted by atomic mass is 16.5. The SMILES string of the molecule is C[C@H]1C[C@@H]1C(=O)NCCC(=O)OC1CCCC1. The first kappa shape index (κ1) is 12.4. The first-order valence-electron chi connectivity index (χ1n) is 6.64. The Hall–Kier alpha value is -1.06. The summed E-state index contributed by atoms with van der Waals surface area (Å²) in [6.45, 7) is 2.48. The average molecular weight is 239 g/mol. The molecule has 2 atom stereocenters. The number of amides is 1. The molecule has 1 amide bonds. The van der Waals surface area contributed by atoms with Crippen molar-refractivity contribution in [2.75, 3.05) is 6.54 Å². The van der Waals surface area contributed by atoms with Gasteiger partial charge in [-0.3, -0.25) is 9.59 Å². The van der Waals surface area contributed by atoms with Crippen LogP contribution in [0.15, 0.2) is 0 Å². The Morgan fingerprint density at radius 2 is 1.94 bits per heavy atom. The standard InChI is InChI=1S/C13H21NO3/c1-9-8-11(9)13(16)14-7-6-12(15)17-10-4-2-3-5-10/h9-11H,2-8H2,1H3,(H,14,16)/t9-,11-/m0/s1. The fourth-order valence-electron chi connectivity index (χ4n) is 2.36. The van der Waals surface area contributed by atoms with Gasteiger partial charge in [0.2, 0.25) is 5.91 Å². The molecule has 0 aromatic rings. The van der Waals surface area contributed by atoms with Crippen LogP contribution >= 0.6 is 0 Å². The van der Waals surface area contributed by atoms with Crippen molar-refractivity contribution in [2.24, 2.45) is 11.8 Å². The van der Waals surface area contributed by atoms with Gasteiger partial charge in [-0.15, -0.1) is 0 Å². The van der Waals surface area contributed by atoms with E-state index in [9.17, 15) is 9.59 Å². The quantitative estimate of drug-likeness (QED) is 0.742. The van der Waals surface area contributed by atoms with Crippen LogP contribution in [0.2, 0.25) is 0 Å². The number of rotatable bonds is 5. The van der Waals surface area contributed by atoms with E-state index < -0.39 is 0 Å². The Balaban J connectivity index is 1.55. The van der Waals surface area contributed by atoms with E-state index >= 15 is 0 Å². The van der Waals surface area contributed by atoms with Crippen LogP contribution in [0.4, 0.5) is 0 Å². The van der Waals surface area contributed by atoms with Gasteiger partial charge in [0.1, 0.15) is 6.10 Å². The minimum Gasteiger partial charge on any atom is -0.462 e. The van der Waals surface area contributed by atoms with Gasteiger partial charge in [0.25, 0.3) is 0 Å². The predicted molar refractivity (Wildman–Crippen MR) is 63.2 cm³/mol. The summed E-state index contributed by atoms with van der Waals surface area (Å²) in [7, 11) is 0. The van der Waals surface area contributed by atoms with E-state index in [0.29, 0.717) is 18.9 Å². The minimum atomic E-state index is -0.180. The van der Waals surface area contributed by atoms with E-state index in [0.717, 1.165) is 32.1 Å². The summed E-state index contributed by atoms with van der Waals surface area (Å²) >= 11 is 0. The van der Waals surface area contributed by atoms with Crippen molar-refractivity contribution in [3.05, 3.63) is 0 Å². The van der Waals surface area contributed by atoms with E-state index in [1.165, 1.54) is 0 Å². The molecule has 0 aromatic heterocycles. The fraction of sp³-hybridized carbons (Fsp3) is 0.846. The van der Waals surface area contributed by atoms with Gasteiger partial charge in [-0.05, 0) is 38.0 Å². The molecule has 4 heteroatoms. The zero-order valence-corrected chi connectivity index (χ0v) is 10.4. The molecule has 0 spiro atoms. The zero-order chi connectivity index (χ0) is 12.3. The predicted octanol–water partition coefficient (Wildman–Crippen LogP) is 1.63. The molecular formula is C13H21NO3. The Bertz CT molecular complexity index is 297. The van der Waals surface area contributed by atoms with E-state index in [2.05, 4.69) is 12.2 Å². The maximum atomic E-state index is 11.5. The number of hydrogen-bond donors (Lipinski definition) is 1.